The predicted molar refractivity (Wildman–Crippen MR) is 95.3 cm³/mol. The molecule has 0 aliphatic heterocycles. The number of hydrogen-bond donors (Lipinski definition) is 2. The molecule has 0 aromatic carbocycles. The molecule has 1 aromatic heterocycles. The van der Waals surface area contributed by atoms with Gasteiger partial charge in [-0.05, 0) is 75.1 Å². The zero-order valence-electron chi connectivity index (χ0n) is 14.4. The highest BCUT2D eigenvalue weighted by molar-refractivity contribution is 5.11. The quantitative estimate of drug-likeness (QED) is 0.587. The fraction of sp³-hybridized carbons (Fsp3) is 0.500. The zero-order valence-corrected chi connectivity index (χ0v) is 14.4. The lowest BCUT2D eigenvalue weighted by atomic mass is 10.0. The van der Waals surface area contributed by atoms with Gasteiger partial charge in [0.25, 0.3) is 0 Å². The summed E-state index contributed by atoms with van der Waals surface area (Å²) in [5.74, 6) is 0. The van der Waals surface area contributed by atoms with Gasteiger partial charge < -0.3 is 14.6 Å². The molecule has 0 atom stereocenters. The molecule has 23 heavy (non-hydrogen) atoms. The molecular formula is C20H30O3. The van der Waals surface area contributed by atoms with Gasteiger partial charge in [0, 0.05) is 0 Å². The van der Waals surface area contributed by atoms with Crippen molar-refractivity contribution in [3.05, 3.63) is 59.1 Å². The molecule has 128 valence electrons. The maximum Gasteiger partial charge on any atom is 0.0934 e. The van der Waals surface area contributed by atoms with Crippen molar-refractivity contribution in [1.29, 1.82) is 0 Å². The SMILES string of the molecule is CC(C)=CCC/C(=C\CC/C(=C\CCc1ccoc1)CO)CO. The minimum atomic E-state index is 0.103. The van der Waals surface area contributed by atoms with Gasteiger partial charge in [-0.3, -0.25) is 0 Å². The highest BCUT2D eigenvalue weighted by Gasteiger charge is 1.99. The predicted octanol–water partition coefficient (Wildman–Crippen LogP) is 4.58. The first-order valence-electron chi connectivity index (χ1n) is 8.37. The van der Waals surface area contributed by atoms with Gasteiger partial charge >= 0.3 is 0 Å². The van der Waals surface area contributed by atoms with E-state index in [2.05, 4.69) is 32.1 Å². The van der Waals surface area contributed by atoms with Gasteiger partial charge in [-0.25, -0.2) is 0 Å². The number of allylic oxidation sites excluding steroid dienone is 4. The molecular weight excluding hydrogens is 288 g/mol. The van der Waals surface area contributed by atoms with E-state index in [4.69, 9.17) is 4.42 Å². The Kier molecular flexibility index (Phi) is 10.1. The van der Waals surface area contributed by atoms with E-state index in [-0.39, 0.29) is 13.2 Å². The third-order valence-electron chi connectivity index (χ3n) is 3.77. The number of aliphatic hydroxyl groups excluding tert-OH is 2. The molecule has 0 saturated heterocycles. The molecule has 2 N–H and O–H groups in total. The molecule has 1 rings (SSSR count). The van der Waals surface area contributed by atoms with Crippen LogP contribution in [-0.2, 0) is 6.42 Å². The van der Waals surface area contributed by atoms with Crippen LogP contribution in [0.15, 0.2) is 58.0 Å². The molecule has 3 heteroatoms. The first kappa shape index (κ1) is 19.5. The first-order chi connectivity index (χ1) is 11.2. The lowest BCUT2D eigenvalue weighted by Gasteiger charge is -2.05. The van der Waals surface area contributed by atoms with Gasteiger partial charge in [-0.2, -0.15) is 0 Å². The Bertz CT molecular complexity index is 503. The van der Waals surface area contributed by atoms with Crippen LogP contribution < -0.4 is 0 Å². The molecule has 0 amide bonds. The van der Waals surface area contributed by atoms with Crippen LogP contribution in [0.25, 0.3) is 0 Å². The number of hydrogen-bond acceptors (Lipinski definition) is 3. The van der Waals surface area contributed by atoms with Gasteiger partial charge in [0.05, 0.1) is 25.7 Å². The van der Waals surface area contributed by atoms with Crippen molar-refractivity contribution in [2.75, 3.05) is 13.2 Å². The topological polar surface area (TPSA) is 53.6 Å². The number of furan rings is 1. The van der Waals surface area contributed by atoms with Crippen molar-refractivity contribution in [2.24, 2.45) is 0 Å². The zero-order chi connectivity index (χ0) is 16.9. The molecule has 3 nitrogen and oxygen atoms in total. The van der Waals surface area contributed by atoms with E-state index in [1.54, 1.807) is 12.5 Å². The lowest BCUT2D eigenvalue weighted by Crippen LogP contribution is -1.94. The molecule has 0 bridgehead atoms. The van der Waals surface area contributed by atoms with Gasteiger partial charge in [0.1, 0.15) is 0 Å². The third-order valence-corrected chi connectivity index (χ3v) is 3.77. The number of aryl methyl sites for hydroxylation is 1. The average molecular weight is 318 g/mol. The summed E-state index contributed by atoms with van der Waals surface area (Å²) < 4.78 is 5.04. The Labute approximate surface area is 140 Å². The highest BCUT2D eigenvalue weighted by Crippen LogP contribution is 2.13. The van der Waals surface area contributed by atoms with Crippen molar-refractivity contribution in [3.8, 4) is 0 Å². The summed E-state index contributed by atoms with van der Waals surface area (Å²) in [6, 6.07) is 1.97. The van der Waals surface area contributed by atoms with Crippen LogP contribution in [0.1, 0.15) is 51.5 Å². The van der Waals surface area contributed by atoms with Crippen LogP contribution in [0.3, 0.4) is 0 Å². The fourth-order valence-corrected chi connectivity index (χ4v) is 2.38. The summed E-state index contributed by atoms with van der Waals surface area (Å²) in [5.41, 5.74) is 4.63. The molecule has 0 radical (unpaired) electrons. The monoisotopic (exact) mass is 318 g/mol. The van der Waals surface area contributed by atoms with Crippen LogP contribution in [-0.4, -0.2) is 23.4 Å². The van der Waals surface area contributed by atoms with E-state index >= 15 is 0 Å². The van der Waals surface area contributed by atoms with E-state index in [0.29, 0.717) is 0 Å². The summed E-state index contributed by atoms with van der Waals surface area (Å²) in [7, 11) is 0. The van der Waals surface area contributed by atoms with Gasteiger partial charge in [0.2, 0.25) is 0 Å². The summed E-state index contributed by atoms with van der Waals surface area (Å²) >= 11 is 0. The van der Waals surface area contributed by atoms with Crippen LogP contribution in [0, 0.1) is 0 Å². The first-order valence-corrected chi connectivity index (χ1v) is 8.37. The second-order valence-corrected chi connectivity index (χ2v) is 6.07. The van der Waals surface area contributed by atoms with Crippen molar-refractivity contribution >= 4 is 0 Å². The number of aliphatic hydroxyl groups is 2. The van der Waals surface area contributed by atoms with Crippen LogP contribution in [0.2, 0.25) is 0 Å². The van der Waals surface area contributed by atoms with Crippen molar-refractivity contribution in [3.63, 3.8) is 0 Å². The number of rotatable bonds is 11. The van der Waals surface area contributed by atoms with Crippen molar-refractivity contribution < 1.29 is 14.6 Å². The van der Waals surface area contributed by atoms with Crippen molar-refractivity contribution in [1.82, 2.24) is 0 Å². The van der Waals surface area contributed by atoms with E-state index in [9.17, 15) is 10.2 Å². The lowest BCUT2D eigenvalue weighted by molar-refractivity contribution is 0.324. The minimum absolute atomic E-state index is 0.103. The summed E-state index contributed by atoms with van der Waals surface area (Å²) in [6.07, 6.45) is 15.3. The fourth-order valence-electron chi connectivity index (χ4n) is 2.38. The largest absolute Gasteiger partial charge is 0.472 e. The Morgan fingerprint density at radius 2 is 1.57 bits per heavy atom. The second kappa shape index (κ2) is 11.9. The third kappa shape index (κ3) is 9.22. The molecule has 0 unspecified atom stereocenters. The molecule has 0 spiro atoms. The van der Waals surface area contributed by atoms with Crippen LogP contribution in [0.5, 0.6) is 0 Å². The second-order valence-electron chi connectivity index (χ2n) is 6.07. The summed E-state index contributed by atoms with van der Waals surface area (Å²) in [6.45, 7) is 4.40. The smallest absolute Gasteiger partial charge is 0.0934 e. The van der Waals surface area contributed by atoms with Crippen molar-refractivity contribution in [2.45, 2.75) is 52.4 Å². The van der Waals surface area contributed by atoms with Gasteiger partial charge in [-0.15, -0.1) is 0 Å². The summed E-state index contributed by atoms with van der Waals surface area (Å²) in [5, 5.41) is 18.8. The molecule has 1 aromatic rings. The highest BCUT2D eigenvalue weighted by atomic mass is 16.3. The maximum atomic E-state index is 9.44. The molecule has 1 heterocycles. The Morgan fingerprint density at radius 1 is 0.957 bits per heavy atom. The molecule has 0 aliphatic rings. The van der Waals surface area contributed by atoms with Crippen LogP contribution >= 0.6 is 0 Å². The van der Waals surface area contributed by atoms with E-state index < -0.39 is 0 Å². The standard InChI is InChI=1S/C20H30O3/c1-17(2)6-3-7-18(14-21)8-4-9-19(15-22)10-5-11-20-12-13-23-16-20/h6,8,10,12-13,16,21-22H,3-5,7,9,11,14-15H2,1-2H3/b18-8+,19-10+. The van der Waals surface area contributed by atoms with Gasteiger partial charge in [0.15, 0.2) is 0 Å². The Hall–Kier alpha value is -1.58. The normalized spacial score (nSPS) is 12.5. The van der Waals surface area contributed by atoms with E-state index in [1.165, 1.54) is 11.1 Å². The summed E-state index contributed by atoms with van der Waals surface area (Å²) in [4.78, 5) is 0. The Balaban J connectivity index is 2.36. The Morgan fingerprint density at radius 3 is 2.09 bits per heavy atom. The van der Waals surface area contributed by atoms with E-state index in [1.807, 2.05) is 6.07 Å². The minimum Gasteiger partial charge on any atom is -0.472 e. The average Bonchev–Trinajstić information content (AvgIpc) is 3.04. The van der Waals surface area contributed by atoms with Crippen LogP contribution in [0.4, 0.5) is 0 Å². The van der Waals surface area contributed by atoms with Gasteiger partial charge in [-0.1, -0.05) is 23.8 Å². The molecule has 0 saturated carbocycles. The maximum absolute atomic E-state index is 9.44. The van der Waals surface area contributed by atoms with E-state index in [0.717, 1.165) is 49.7 Å². The molecule has 0 fully saturated rings. The molecule has 0 aliphatic carbocycles.